The maximum Gasteiger partial charge on any atom is 0.303 e. The Morgan fingerprint density at radius 3 is 2.59 bits per heavy atom. The van der Waals surface area contributed by atoms with Gasteiger partial charge in [-0.1, -0.05) is 23.7 Å². The quantitative estimate of drug-likeness (QED) is 0.868. The summed E-state index contributed by atoms with van der Waals surface area (Å²) in [5.74, 6) is -0.817. The van der Waals surface area contributed by atoms with Crippen molar-refractivity contribution in [3.8, 4) is 0 Å². The SMILES string of the molecule is CC(C)(F)c1ccc(CCCC(=O)O)c(Cl)c1. The second-order valence-corrected chi connectivity index (χ2v) is 4.93. The van der Waals surface area contributed by atoms with E-state index in [1.165, 1.54) is 13.8 Å². The minimum atomic E-state index is -1.41. The van der Waals surface area contributed by atoms with Gasteiger partial charge in [-0.2, -0.15) is 0 Å². The average molecular weight is 259 g/mol. The second kappa shape index (κ2) is 5.50. The fourth-order valence-corrected chi connectivity index (χ4v) is 1.82. The highest BCUT2D eigenvalue weighted by Gasteiger charge is 2.19. The number of hydrogen-bond donors (Lipinski definition) is 1. The number of hydrogen-bond acceptors (Lipinski definition) is 1. The van der Waals surface area contributed by atoms with Crippen LogP contribution in [0.3, 0.4) is 0 Å². The van der Waals surface area contributed by atoms with Gasteiger partial charge in [0.1, 0.15) is 5.67 Å². The summed E-state index contributed by atoms with van der Waals surface area (Å²) in [6.07, 6.45) is 1.25. The summed E-state index contributed by atoms with van der Waals surface area (Å²) in [4.78, 5) is 10.4. The molecular formula is C13H16ClFO2. The number of carboxylic acid groups (broad SMARTS) is 1. The van der Waals surface area contributed by atoms with Crippen LogP contribution in [0.1, 0.15) is 37.8 Å². The molecule has 0 spiro atoms. The molecule has 4 heteroatoms. The summed E-state index contributed by atoms with van der Waals surface area (Å²) in [7, 11) is 0. The molecule has 0 unspecified atom stereocenters. The van der Waals surface area contributed by atoms with Gasteiger partial charge in [0.15, 0.2) is 0 Å². The van der Waals surface area contributed by atoms with Crippen molar-refractivity contribution in [1.29, 1.82) is 0 Å². The lowest BCUT2D eigenvalue weighted by Crippen LogP contribution is -2.09. The Morgan fingerprint density at radius 1 is 1.47 bits per heavy atom. The zero-order chi connectivity index (χ0) is 13.1. The molecule has 0 amide bonds. The number of halogens is 2. The number of carbonyl (C=O) groups is 1. The van der Waals surface area contributed by atoms with Crippen molar-refractivity contribution >= 4 is 17.6 Å². The maximum absolute atomic E-state index is 13.7. The van der Waals surface area contributed by atoms with E-state index >= 15 is 0 Å². The van der Waals surface area contributed by atoms with Crippen LogP contribution in [0, 0.1) is 0 Å². The summed E-state index contributed by atoms with van der Waals surface area (Å²) < 4.78 is 13.7. The third-order valence-corrected chi connectivity index (χ3v) is 2.93. The lowest BCUT2D eigenvalue weighted by atomic mass is 9.97. The number of carboxylic acids is 1. The summed E-state index contributed by atoms with van der Waals surface area (Å²) >= 11 is 6.04. The van der Waals surface area contributed by atoms with Gasteiger partial charge in [0.2, 0.25) is 0 Å². The zero-order valence-corrected chi connectivity index (χ0v) is 10.7. The molecule has 0 fully saturated rings. The molecule has 0 saturated heterocycles. The predicted molar refractivity (Wildman–Crippen MR) is 66.2 cm³/mol. The van der Waals surface area contributed by atoms with E-state index in [2.05, 4.69) is 0 Å². The van der Waals surface area contributed by atoms with E-state index in [-0.39, 0.29) is 6.42 Å². The third kappa shape index (κ3) is 4.35. The molecule has 0 bridgehead atoms. The molecular weight excluding hydrogens is 243 g/mol. The van der Waals surface area contributed by atoms with E-state index in [1.807, 2.05) is 0 Å². The Hall–Kier alpha value is -1.09. The first kappa shape index (κ1) is 14.0. The summed E-state index contributed by atoms with van der Waals surface area (Å²) in [6, 6.07) is 5.07. The standard InChI is InChI=1S/C13H16ClFO2/c1-13(2,15)10-7-6-9(11(14)8-10)4-3-5-12(16)17/h6-8H,3-5H2,1-2H3,(H,16,17). The molecule has 2 nitrogen and oxygen atoms in total. The highest BCUT2D eigenvalue weighted by Crippen LogP contribution is 2.29. The predicted octanol–water partition coefficient (Wildman–Crippen LogP) is 3.95. The van der Waals surface area contributed by atoms with Crippen molar-refractivity contribution in [1.82, 2.24) is 0 Å². The molecule has 0 aliphatic carbocycles. The van der Waals surface area contributed by atoms with E-state index in [9.17, 15) is 9.18 Å². The molecule has 1 rings (SSSR count). The van der Waals surface area contributed by atoms with Crippen molar-refractivity contribution in [2.24, 2.45) is 0 Å². The molecule has 0 saturated carbocycles. The minimum Gasteiger partial charge on any atom is -0.481 e. The Labute approximate surface area is 105 Å². The van der Waals surface area contributed by atoms with E-state index in [4.69, 9.17) is 16.7 Å². The molecule has 0 aromatic heterocycles. The highest BCUT2D eigenvalue weighted by atomic mass is 35.5. The lowest BCUT2D eigenvalue weighted by molar-refractivity contribution is -0.137. The van der Waals surface area contributed by atoms with Gasteiger partial charge in [0.05, 0.1) is 0 Å². The van der Waals surface area contributed by atoms with Gasteiger partial charge in [-0.15, -0.1) is 0 Å². The summed E-state index contributed by atoms with van der Waals surface area (Å²) in [6.45, 7) is 2.95. The normalized spacial score (nSPS) is 11.5. The van der Waals surface area contributed by atoms with Crippen LogP contribution >= 0.6 is 11.6 Å². The molecule has 1 aromatic carbocycles. The van der Waals surface area contributed by atoms with E-state index < -0.39 is 11.6 Å². The fourth-order valence-electron chi connectivity index (χ4n) is 1.55. The second-order valence-electron chi connectivity index (χ2n) is 4.53. The van der Waals surface area contributed by atoms with Crippen molar-refractivity contribution < 1.29 is 14.3 Å². The van der Waals surface area contributed by atoms with Crippen LogP contribution in [0.25, 0.3) is 0 Å². The molecule has 1 aromatic rings. The van der Waals surface area contributed by atoms with Gasteiger partial charge in [0, 0.05) is 11.4 Å². The first-order valence-corrected chi connectivity index (χ1v) is 5.88. The van der Waals surface area contributed by atoms with Crippen LogP contribution in [-0.2, 0) is 16.9 Å². The van der Waals surface area contributed by atoms with E-state index in [0.717, 1.165) is 5.56 Å². The first-order chi connectivity index (χ1) is 7.80. The number of rotatable bonds is 5. The number of benzene rings is 1. The molecule has 0 heterocycles. The van der Waals surface area contributed by atoms with Gasteiger partial charge >= 0.3 is 5.97 Å². The Bertz CT molecular complexity index is 410. The van der Waals surface area contributed by atoms with Crippen LogP contribution in [0.15, 0.2) is 18.2 Å². The first-order valence-electron chi connectivity index (χ1n) is 5.50. The molecule has 0 aliphatic rings. The zero-order valence-electron chi connectivity index (χ0n) is 9.96. The Balaban J connectivity index is 2.73. The summed E-state index contributed by atoms with van der Waals surface area (Å²) in [5, 5.41) is 9.03. The summed E-state index contributed by atoms with van der Waals surface area (Å²) in [5.41, 5.74) is -0.0196. The molecule has 94 valence electrons. The van der Waals surface area contributed by atoms with Gasteiger partial charge in [-0.3, -0.25) is 4.79 Å². The topological polar surface area (TPSA) is 37.3 Å². The Morgan fingerprint density at radius 2 is 2.12 bits per heavy atom. The van der Waals surface area contributed by atoms with Gasteiger partial charge in [-0.25, -0.2) is 4.39 Å². The smallest absolute Gasteiger partial charge is 0.303 e. The largest absolute Gasteiger partial charge is 0.481 e. The van der Waals surface area contributed by atoms with Crippen LogP contribution < -0.4 is 0 Å². The van der Waals surface area contributed by atoms with E-state index in [0.29, 0.717) is 23.4 Å². The van der Waals surface area contributed by atoms with Crippen molar-refractivity contribution in [3.05, 3.63) is 34.3 Å². The van der Waals surface area contributed by atoms with Crippen molar-refractivity contribution in [2.75, 3.05) is 0 Å². The Kier molecular flexibility index (Phi) is 4.52. The third-order valence-electron chi connectivity index (χ3n) is 2.58. The molecule has 1 N–H and O–H groups in total. The van der Waals surface area contributed by atoms with Gasteiger partial charge in [0.25, 0.3) is 0 Å². The van der Waals surface area contributed by atoms with Crippen LogP contribution in [0.5, 0.6) is 0 Å². The number of aryl methyl sites for hydroxylation is 1. The van der Waals surface area contributed by atoms with Crippen LogP contribution in [-0.4, -0.2) is 11.1 Å². The fraction of sp³-hybridized carbons (Fsp3) is 0.462. The number of alkyl halides is 1. The van der Waals surface area contributed by atoms with Gasteiger partial charge in [-0.05, 0) is 43.9 Å². The minimum absolute atomic E-state index is 0.118. The molecule has 0 radical (unpaired) electrons. The van der Waals surface area contributed by atoms with Crippen molar-refractivity contribution in [3.63, 3.8) is 0 Å². The molecule has 17 heavy (non-hydrogen) atoms. The lowest BCUT2D eigenvalue weighted by Gasteiger charge is -2.16. The average Bonchev–Trinajstić information content (AvgIpc) is 2.18. The molecule has 0 atom stereocenters. The highest BCUT2D eigenvalue weighted by molar-refractivity contribution is 6.31. The van der Waals surface area contributed by atoms with Crippen LogP contribution in [0.4, 0.5) is 4.39 Å². The van der Waals surface area contributed by atoms with Crippen molar-refractivity contribution in [2.45, 2.75) is 38.8 Å². The number of aliphatic carboxylic acids is 1. The maximum atomic E-state index is 13.7. The molecule has 0 aliphatic heterocycles. The van der Waals surface area contributed by atoms with Crippen LogP contribution in [0.2, 0.25) is 5.02 Å². The van der Waals surface area contributed by atoms with E-state index in [1.54, 1.807) is 18.2 Å². The van der Waals surface area contributed by atoms with Gasteiger partial charge < -0.3 is 5.11 Å². The monoisotopic (exact) mass is 258 g/mol.